The van der Waals surface area contributed by atoms with E-state index >= 15 is 0 Å². The molecule has 2 unspecified atom stereocenters. The number of benzene rings is 1. The van der Waals surface area contributed by atoms with Crippen molar-refractivity contribution in [2.45, 2.75) is 24.3 Å². The molecule has 2 rings (SSSR count). The van der Waals surface area contributed by atoms with Gasteiger partial charge in [-0.05, 0) is 31.0 Å². The van der Waals surface area contributed by atoms with Gasteiger partial charge < -0.3 is 10.1 Å². The molecule has 1 heterocycles. The average molecular weight is 298 g/mol. The van der Waals surface area contributed by atoms with E-state index in [-0.39, 0.29) is 22.8 Å². The summed E-state index contributed by atoms with van der Waals surface area (Å²) in [5.41, 5.74) is 0.824. The van der Waals surface area contributed by atoms with Gasteiger partial charge in [0.05, 0.1) is 23.5 Å². The Morgan fingerprint density at radius 2 is 2.05 bits per heavy atom. The van der Waals surface area contributed by atoms with Crippen LogP contribution in [0.25, 0.3) is 0 Å². The molecule has 1 fully saturated rings. The Hall–Kier alpha value is -1.44. The Kier molecular flexibility index (Phi) is 4.42. The van der Waals surface area contributed by atoms with E-state index in [1.165, 1.54) is 12.1 Å². The molecule has 1 aromatic rings. The largest absolute Gasteiger partial charge is 0.381 e. The van der Waals surface area contributed by atoms with Crippen LogP contribution in [-0.2, 0) is 19.6 Å². The van der Waals surface area contributed by atoms with Crippen LogP contribution in [0.1, 0.15) is 24.9 Å². The molecule has 20 heavy (non-hydrogen) atoms. The highest BCUT2D eigenvalue weighted by molar-refractivity contribution is 7.89. The molecule has 1 aromatic carbocycles. The monoisotopic (exact) mass is 298 g/mol. The van der Waals surface area contributed by atoms with E-state index in [9.17, 15) is 13.2 Å². The minimum Gasteiger partial charge on any atom is -0.381 e. The first-order chi connectivity index (χ1) is 9.38. The van der Waals surface area contributed by atoms with Crippen LogP contribution in [0.3, 0.4) is 0 Å². The maximum Gasteiger partial charge on any atom is 0.238 e. The van der Waals surface area contributed by atoms with Gasteiger partial charge in [0.2, 0.25) is 15.9 Å². The number of nitrogens with one attached hydrogen (secondary N) is 1. The Morgan fingerprint density at radius 3 is 2.55 bits per heavy atom. The summed E-state index contributed by atoms with van der Waals surface area (Å²) in [6.07, 6.45) is 0.739. The van der Waals surface area contributed by atoms with Gasteiger partial charge in [0.15, 0.2) is 0 Å². The fourth-order valence-corrected chi connectivity index (χ4v) is 2.62. The molecule has 0 aromatic heterocycles. The number of nitrogens with two attached hydrogens (primary N) is 1. The average Bonchev–Trinajstić information content (AvgIpc) is 2.91. The summed E-state index contributed by atoms with van der Waals surface area (Å²) in [4.78, 5) is 12.0. The van der Waals surface area contributed by atoms with Gasteiger partial charge in [-0.1, -0.05) is 12.1 Å². The number of hydrogen-bond acceptors (Lipinski definition) is 4. The quantitative estimate of drug-likeness (QED) is 0.848. The highest BCUT2D eigenvalue weighted by atomic mass is 32.2. The number of carbonyl (C=O) groups excluding carboxylic acids is 1. The van der Waals surface area contributed by atoms with Crippen LogP contribution in [-0.4, -0.2) is 27.5 Å². The third kappa shape index (κ3) is 3.56. The molecule has 110 valence electrons. The zero-order chi connectivity index (χ0) is 14.8. The van der Waals surface area contributed by atoms with Gasteiger partial charge >= 0.3 is 0 Å². The molecule has 1 aliphatic heterocycles. The van der Waals surface area contributed by atoms with Gasteiger partial charge in [-0.2, -0.15) is 0 Å². The molecule has 0 radical (unpaired) electrons. The smallest absolute Gasteiger partial charge is 0.238 e. The first-order valence-corrected chi connectivity index (χ1v) is 7.93. The minimum absolute atomic E-state index is 0.0366. The van der Waals surface area contributed by atoms with E-state index in [2.05, 4.69) is 5.32 Å². The summed E-state index contributed by atoms with van der Waals surface area (Å²) in [5, 5.41) is 7.93. The topological polar surface area (TPSA) is 98.5 Å². The number of sulfonamides is 1. The van der Waals surface area contributed by atoms with Gasteiger partial charge in [0.1, 0.15) is 0 Å². The Balaban J connectivity index is 2.02. The maximum atomic E-state index is 11.9. The number of hydrogen-bond donors (Lipinski definition) is 2. The van der Waals surface area contributed by atoms with E-state index in [0.717, 1.165) is 12.0 Å². The van der Waals surface area contributed by atoms with Crippen LogP contribution in [0, 0.1) is 5.92 Å². The highest BCUT2D eigenvalue weighted by Crippen LogP contribution is 2.18. The molecular formula is C13H18N2O4S. The molecule has 2 atom stereocenters. The van der Waals surface area contributed by atoms with Crippen LogP contribution in [0.4, 0.5) is 0 Å². The molecule has 0 aliphatic carbocycles. The Labute approximate surface area is 118 Å². The van der Waals surface area contributed by atoms with E-state index in [4.69, 9.17) is 9.88 Å². The summed E-state index contributed by atoms with van der Waals surface area (Å²) in [6, 6.07) is 5.97. The lowest BCUT2D eigenvalue weighted by Crippen LogP contribution is -2.33. The van der Waals surface area contributed by atoms with Crippen molar-refractivity contribution in [3.8, 4) is 0 Å². The number of primary sulfonamides is 1. The standard InChI is InChI=1S/C13H18N2O4S/c1-9(15-13(16)11-6-7-19-8-11)10-2-4-12(5-3-10)20(14,17)18/h2-5,9,11H,6-8H2,1H3,(H,15,16)(H2,14,17,18). The van der Waals surface area contributed by atoms with Crippen molar-refractivity contribution in [3.05, 3.63) is 29.8 Å². The second kappa shape index (κ2) is 5.90. The third-order valence-corrected chi connectivity index (χ3v) is 4.30. The second-order valence-electron chi connectivity index (χ2n) is 4.90. The maximum absolute atomic E-state index is 11.9. The molecule has 0 bridgehead atoms. The minimum atomic E-state index is -3.69. The lowest BCUT2D eigenvalue weighted by molar-refractivity contribution is -0.125. The van der Waals surface area contributed by atoms with Crippen LogP contribution in [0.2, 0.25) is 0 Å². The normalized spacial score (nSPS) is 20.6. The third-order valence-electron chi connectivity index (χ3n) is 3.37. The number of ether oxygens (including phenoxy) is 1. The van der Waals surface area contributed by atoms with Crippen molar-refractivity contribution < 1.29 is 17.9 Å². The Morgan fingerprint density at radius 1 is 1.40 bits per heavy atom. The number of carbonyl (C=O) groups is 1. The molecule has 0 spiro atoms. The summed E-state index contributed by atoms with van der Waals surface area (Å²) in [5.74, 6) is -0.133. The van der Waals surface area contributed by atoms with Crippen LogP contribution >= 0.6 is 0 Å². The van der Waals surface area contributed by atoms with Crippen molar-refractivity contribution in [2.24, 2.45) is 11.1 Å². The lowest BCUT2D eigenvalue weighted by Gasteiger charge is -2.17. The van der Waals surface area contributed by atoms with E-state index < -0.39 is 10.0 Å². The zero-order valence-electron chi connectivity index (χ0n) is 11.2. The fourth-order valence-electron chi connectivity index (χ4n) is 2.10. The van der Waals surface area contributed by atoms with Crippen molar-refractivity contribution in [1.82, 2.24) is 5.32 Å². The van der Waals surface area contributed by atoms with Crippen LogP contribution in [0.15, 0.2) is 29.2 Å². The summed E-state index contributed by atoms with van der Waals surface area (Å²) < 4.78 is 27.5. The molecule has 1 saturated heterocycles. The van der Waals surface area contributed by atoms with Crippen molar-refractivity contribution in [1.29, 1.82) is 0 Å². The SMILES string of the molecule is CC(NC(=O)C1CCOC1)c1ccc(S(N)(=O)=O)cc1. The first-order valence-electron chi connectivity index (χ1n) is 6.39. The summed E-state index contributed by atoms with van der Waals surface area (Å²) in [7, 11) is -3.69. The van der Waals surface area contributed by atoms with Gasteiger partial charge in [-0.3, -0.25) is 4.79 Å². The van der Waals surface area contributed by atoms with E-state index in [0.29, 0.717) is 13.2 Å². The predicted octanol–water partition coefficient (Wildman–Crippen LogP) is 0.548. The van der Waals surface area contributed by atoms with Crippen molar-refractivity contribution in [2.75, 3.05) is 13.2 Å². The molecule has 7 heteroatoms. The fraction of sp³-hybridized carbons (Fsp3) is 0.462. The summed E-state index contributed by atoms with van der Waals surface area (Å²) >= 11 is 0. The Bertz CT molecular complexity index is 577. The van der Waals surface area contributed by atoms with Crippen molar-refractivity contribution in [3.63, 3.8) is 0 Å². The van der Waals surface area contributed by atoms with Gasteiger partial charge in [-0.15, -0.1) is 0 Å². The van der Waals surface area contributed by atoms with E-state index in [1.54, 1.807) is 12.1 Å². The summed E-state index contributed by atoms with van der Waals surface area (Å²) in [6.45, 7) is 2.93. The molecule has 3 N–H and O–H groups in total. The highest BCUT2D eigenvalue weighted by Gasteiger charge is 2.24. The molecule has 0 saturated carbocycles. The molecule has 1 amide bonds. The van der Waals surface area contributed by atoms with Crippen molar-refractivity contribution >= 4 is 15.9 Å². The lowest BCUT2D eigenvalue weighted by atomic mass is 10.1. The number of amides is 1. The van der Waals surface area contributed by atoms with Gasteiger partial charge in [0.25, 0.3) is 0 Å². The van der Waals surface area contributed by atoms with Gasteiger partial charge in [0, 0.05) is 6.61 Å². The first kappa shape index (κ1) is 15.0. The predicted molar refractivity (Wildman–Crippen MR) is 73.3 cm³/mol. The van der Waals surface area contributed by atoms with E-state index in [1.807, 2.05) is 6.92 Å². The molecular weight excluding hydrogens is 280 g/mol. The zero-order valence-corrected chi connectivity index (χ0v) is 12.0. The van der Waals surface area contributed by atoms with Crippen LogP contribution < -0.4 is 10.5 Å². The molecule has 6 nitrogen and oxygen atoms in total. The molecule has 1 aliphatic rings. The van der Waals surface area contributed by atoms with Crippen LogP contribution in [0.5, 0.6) is 0 Å². The van der Waals surface area contributed by atoms with Gasteiger partial charge in [-0.25, -0.2) is 13.6 Å². The number of rotatable bonds is 4. The second-order valence-corrected chi connectivity index (χ2v) is 6.47.